The van der Waals surface area contributed by atoms with Crippen LogP contribution in [0.5, 0.6) is 0 Å². The number of carbonyl (C=O) groups excluding carboxylic acids is 1. The molecule has 1 aliphatic rings. The van der Waals surface area contributed by atoms with E-state index in [1.54, 1.807) is 0 Å². The van der Waals surface area contributed by atoms with Gasteiger partial charge in [-0.15, -0.1) is 11.6 Å². The highest BCUT2D eigenvalue weighted by Crippen LogP contribution is 2.20. The number of nitrogens with one attached hydrogen (secondary N) is 1. The van der Waals surface area contributed by atoms with E-state index < -0.39 is 0 Å². The number of amides is 1. The largest absolute Gasteiger partial charge is 0.368 e. The van der Waals surface area contributed by atoms with E-state index in [1.165, 1.54) is 0 Å². The fourth-order valence-corrected chi connectivity index (χ4v) is 2.08. The summed E-state index contributed by atoms with van der Waals surface area (Å²) in [4.78, 5) is 11.6. The van der Waals surface area contributed by atoms with Crippen molar-refractivity contribution in [2.75, 3.05) is 19.0 Å². The summed E-state index contributed by atoms with van der Waals surface area (Å²) in [6, 6.07) is 0. The maximum atomic E-state index is 11.6. The Morgan fingerprint density at radius 1 is 1.60 bits per heavy atom. The van der Waals surface area contributed by atoms with Crippen LogP contribution in [0.4, 0.5) is 0 Å². The lowest BCUT2D eigenvalue weighted by molar-refractivity contribution is -0.130. The van der Waals surface area contributed by atoms with Crippen molar-refractivity contribution in [1.82, 2.24) is 5.32 Å². The summed E-state index contributed by atoms with van der Waals surface area (Å²) < 4.78 is 5.30. The summed E-state index contributed by atoms with van der Waals surface area (Å²) >= 11 is 5.69. The van der Waals surface area contributed by atoms with E-state index in [-0.39, 0.29) is 17.4 Å². The molecule has 1 unspecified atom stereocenters. The van der Waals surface area contributed by atoms with E-state index in [2.05, 4.69) is 19.2 Å². The van der Waals surface area contributed by atoms with Crippen molar-refractivity contribution in [1.29, 1.82) is 0 Å². The summed E-state index contributed by atoms with van der Waals surface area (Å²) in [5.41, 5.74) is 0.0655. The summed E-state index contributed by atoms with van der Waals surface area (Å²) in [5, 5.41) is 2.93. The maximum Gasteiger partial charge on any atom is 0.249 e. The molecule has 88 valence electrons. The van der Waals surface area contributed by atoms with Crippen molar-refractivity contribution in [3.63, 3.8) is 0 Å². The van der Waals surface area contributed by atoms with Gasteiger partial charge in [-0.3, -0.25) is 4.79 Å². The molecular formula is C11H20ClNO2. The Bertz CT molecular complexity index is 213. The molecule has 1 rings (SSSR count). The summed E-state index contributed by atoms with van der Waals surface area (Å²) in [7, 11) is 0. The van der Waals surface area contributed by atoms with Crippen LogP contribution in [0.25, 0.3) is 0 Å². The average Bonchev–Trinajstić information content (AvgIpc) is 2.67. The molecule has 0 aromatic rings. The maximum absolute atomic E-state index is 11.6. The minimum absolute atomic E-state index is 0.0233. The van der Waals surface area contributed by atoms with Crippen LogP contribution in [0.1, 0.15) is 33.1 Å². The topological polar surface area (TPSA) is 38.3 Å². The van der Waals surface area contributed by atoms with Crippen LogP contribution in [0.3, 0.4) is 0 Å². The molecule has 3 nitrogen and oxygen atoms in total. The molecular weight excluding hydrogens is 214 g/mol. The van der Waals surface area contributed by atoms with Crippen LogP contribution < -0.4 is 5.32 Å². The average molecular weight is 234 g/mol. The van der Waals surface area contributed by atoms with Gasteiger partial charge >= 0.3 is 0 Å². The van der Waals surface area contributed by atoms with E-state index in [0.29, 0.717) is 19.0 Å². The molecule has 1 saturated heterocycles. The lowest BCUT2D eigenvalue weighted by Crippen LogP contribution is -2.40. The molecule has 1 aliphatic heterocycles. The van der Waals surface area contributed by atoms with E-state index in [9.17, 15) is 4.79 Å². The highest BCUT2D eigenvalue weighted by atomic mass is 35.5. The van der Waals surface area contributed by atoms with Gasteiger partial charge in [-0.1, -0.05) is 13.8 Å². The molecule has 1 atom stereocenters. The number of alkyl halides is 1. The number of rotatable bonds is 5. The van der Waals surface area contributed by atoms with E-state index >= 15 is 0 Å². The monoisotopic (exact) mass is 233 g/mol. The minimum Gasteiger partial charge on any atom is -0.368 e. The Balaban J connectivity index is 2.26. The zero-order chi connectivity index (χ0) is 11.3. The van der Waals surface area contributed by atoms with Gasteiger partial charge in [-0.05, 0) is 24.7 Å². The van der Waals surface area contributed by atoms with Crippen molar-refractivity contribution >= 4 is 17.5 Å². The zero-order valence-electron chi connectivity index (χ0n) is 9.51. The smallest absolute Gasteiger partial charge is 0.249 e. The second-order valence-electron chi connectivity index (χ2n) is 4.82. The third kappa shape index (κ3) is 4.39. The molecule has 15 heavy (non-hydrogen) atoms. The minimum atomic E-state index is -0.225. The third-order valence-corrected chi connectivity index (χ3v) is 2.92. The third-order valence-electron chi connectivity index (χ3n) is 2.73. The lowest BCUT2D eigenvalue weighted by Gasteiger charge is -2.24. The second-order valence-corrected chi connectivity index (χ2v) is 5.20. The second kappa shape index (κ2) is 5.71. The normalized spacial score (nSPS) is 21.7. The predicted octanol–water partition coefficient (Wildman–Crippen LogP) is 1.94. The first-order chi connectivity index (χ1) is 7.05. The van der Waals surface area contributed by atoms with Gasteiger partial charge < -0.3 is 10.1 Å². The molecule has 0 bridgehead atoms. The van der Waals surface area contributed by atoms with Gasteiger partial charge in [0.15, 0.2) is 0 Å². The predicted molar refractivity (Wildman–Crippen MR) is 61.1 cm³/mol. The molecule has 0 radical (unpaired) electrons. The number of hydrogen-bond acceptors (Lipinski definition) is 2. The van der Waals surface area contributed by atoms with E-state index in [4.69, 9.17) is 16.3 Å². The Morgan fingerprint density at radius 2 is 2.33 bits per heavy atom. The molecule has 0 saturated carbocycles. The van der Waals surface area contributed by atoms with Crippen LogP contribution >= 0.6 is 11.6 Å². The quantitative estimate of drug-likeness (QED) is 0.737. The van der Waals surface area contributed by atoms with Crippen LogP contribution in [-0.2, 0) is 9.53 Å². The fourth-order valence-electron chi connectivity index (χ4n) is 1.57. The first-order valence-corrected chi connectivity index (χ1v) is 6.04. The summed E-state index contributed by atoms with van der Waals surface area (Å²) in [6.07, 6.45) is 2.52. The highest BCUT2D eigenvalue weighted by molar-refractivity contribution is 6.17. The summed E-state index contributed by atoms with van der Waals surface area (Å²) in [5.74, 6) is 0.651. The number of hydrogen-bond donors (Lipinski definition) is 1. The molecule has 0 aromatic heterocycles. The van der Waals surface area contributed by atoms with Crippen LogP contribution in [-0.4, -0.2) is 31.0 Å². The molecule has 1 fully saturated rings. The van der Waals surface area contributed by atoms with Gasteiger partial charge in [-0.2, -0.15) is 0 Å². The molecule has 1 amide bonds. The van der Waals surface area contributed by atoms with Crippen molar-refractivity contribution < 1.29 is 9.53 Å². The van der Waals surface area contributed by atoms with Gasteiger partial charge in [0.05, 0.1) is 0 Å². The van der Waals surface area contributed by atoms with Gasteiger partial charge in [0.25, 0.3) is 0 Å². The number of ether oxygens (including phenoxy) is 1. The van der Waals surface area contributed by atoms with Gasteiger partial charge in [0, 0.05) is 19.0 Å². The van der Waals surface area contributed by atoms with Crippen molar-refractivity contribution in [3.05, 3.63) is 0 Å². The number of carbonyl (C=O) groups is 1. The van der Waals surface area contributed by atoms with Crippen LogP contribution in [0.15, 0.2) is 0 Å². The lowest BCUT2D eigenvalue weighted by atomic mass is 9.90. The Kier molecular flexibility index (Phi) is 4.87. The van der Waals surface area contributed by atoms with E-state index in [0.717, 1.165) is 19.3 Å². The first-order valence-electron chi connectivity index (χ1n) is 5.50. The Hall–Kier alpha value is -0.280. The molecule has 1 heterocycles. The molecule has 0 aromatic carbocycles. The highest BCUT2D eigenvalue weighted by Gasteiger charge is 2.25. The van der Waals surface area contributed by atoms with Gasteiger partial charge in [0.1, 0.15) is 6.10 Å². The van der Waals surface area contributed by atoms with Crippen molar-refractivity contribution in [2.45, 2.75) is 39.2 Å². The van der Waals surface area contributed by atoms with Crippen LogP contribution in [0.2, 0.25) is 0 Å². The Labute approximate surface area is 96.5 Å². The van der Waals surface area contributed by atoms with Crippen molar-refractivity contribution in [2.24, 2.45) is 5.41 Å². The van der Waals surface area contributed by atoms with E-state index in [1.807, 2.05) is 0 Å². The molecule has 4 heteroatoms. The van der Waals surface area contributed by atoms with Gasteiger partial charge in [-0.25, -0.2) is 0 Å². The Morgan fingerprint density at radius 3 is 2.87 bits per heavy atom. The first kappa shape index (κ1) is 12.8. The zero-order valence-corrected chi connectivity index (χ0v) is 10.3. The van der Waals surface area contributed by atoms with Crippen LogP contribution in [0, 0.1) is 5.41 Å². The standard InChI is InChI=1S/C11H20ClNO2/c1-11(2,5-6-12)8-13-10(14)9-4-3-7-15-9/h9H,3-8H2,1-2H3,(H,13,14). The molecule has 1 N–H and O–H groups in total. The number of halogens is 1. The SMILES string of the molecule is CC(C)(CCCl)CNC(=O)C1CCCO1. The fraction of sp³-hybridized carbons (Fsp3) is 0.909. The molecule has 0 spiro atoms. The van der Waals surface area contributed by atoms with Gasteiger partial charge in [0.2, 0.25) is 5.91 Å². The summed E-state index contributed by atoms with van der Waals surface area (Å²) in [6.45, 7) is 5.58. The van der Waals surface area contributed by atoms with Crippen molar-refractivity contribution in [3.8, 4) is 0 Å². The molecule has 0 aliphatic carbocycles.